The van der Waals surface area contributed by atoms with Crippen LogP contribution in [0.15, 0.2) is 34.1 Å². The van der Waals surface area contributed by atoms with Crippen LogP contribution in [0, 0.1) is 21.4 Å². The fraction of sp³-hybridized carbons (Fsp3) is 0.0833. The molecule has 0 radical (unpaired) electrons. The van der Waals surface area contributed by atoms with Gasteiger partial charge in [0.2, 0.25) is 0 Å². The van der Waals surface area contributed by atoms with Crippen LogP contribution in [0.1, 0.15) is 10.4 Å². The van der Waals surface area contributed by atoms with Crippen LogP contribution in [0.3, 0.4) is 0 Å². The third kappa shape index (κ3) is 3.10. The number of nitrogens with one attached hydrogen (secondary N) is 1. The van der Waals surface area contributed by atoms with E-state index in [2.05, 4.69) is 21.2 Å². The zero-order valence-corrected chi connectivity index (χ0v) is 12.0. The van der Waals surface area contributed by atoms with Crippen molar-refractivity contribution in [2.75, 3.05) is 5.32 Å². The van der Waals surface area contributed by atoms with Gasteiger partial charge in [-0.25, -0.2) is 0 Å². The summed E-state index contributed by atoms with van der Waals surface area (Å²) in [6.07, 6.45) is 0. The SMILES string of the molecule is N#Cc1ccc(NCc2sccc2Br)c([N+](=O)[O-])c1. The molecule has 19 heavy (non-hydrogen) atoms. The lowest BCUT2D eigenvalue weighted by Gasteiger charge is -2.06. The Morgan fingerprint density at radius 1 is 1.47 bits per heavy atom. The van der Waals surface area contributed by atoms with Gasteiger partial charge in [-0.2, -0.15) is 5.26 Å². The smallest absolute Gasteiger partial charge is 0.293 e. The second-order valence-electron chi connectivity index (χ2n) is 3.65. The van der Waals surface area contributed by atoms with Gasteiger partial charge in [0, 0.05) is 15.4 Å². The fourth-order valence-corrected chi connectivity index (χ4v) is 2.96. The van der Waals surface area contributed by atoms with Crippen LogP contribution in [0.2, 0.25) is 0 Å². The number of nitriles is 1. The van der Waals surface area contributed by atoms with Crippen molar-refractivity contribution in [1.29, 1.82) is 5.26 Å². The number of hydrogen-bond acceptors (Lipinski definition) is 5. The summed E-state index contributed by atoms with van der Waals surface area (Å²) in [4.78, 5) is 11.5. The molecule has 0 unspecified atom stereocenters. The molecule has 0 spiro atoms. The van der Waals surface area contributed by atoms with Gasteiger partial charge < -0.3 is 5.32 Å². The van der Waals surface area contributed by atoms with Crippen molar-refractivity contribution in [2.24, 2.45) is 0 Å². The molecular weight excluding hydrogens is 330 g/mol. The maximum Gasteiger partial charge on any atom is 0.293 e. The highest BCUT2D eigenvalue weighted by Gasteiger charge is 2.14. The third-order valence-corrected chi connectivity index (χ3v) is 4.38. The van der Waals surface area contributed by atoms with E-state index >= 15 is 0 Å². The molecule has 0 amide bonds. The first kappa shape index (κ1) is 13.5. The van der Waals surface area contributed by atoms with Crippen molar-refractivity contribution in [1.82, 2.24) is 0 Å². The molecule has 7 heteroatoms. The second-order valence-corrected chi connectivity index (χ2v) is 5.50. The molecule has 0 aliphatic carbocycles. The zero-order chi connectivity index (χ0) is 13.8. The van der Waals surface area contributed by atoms with E-state index < -0.39 is 4.92 Å². The van der Waals surface area contributed by atoms with Crippen molar-refractivity contribution >= 4 is 38.6 Å². The monoisotopic (exact) mass is 337 g/mol. The minimum Gasteiger partial charge on any atom is -0.375 e. The van der Waals surface area contributed by atoms with Gasteiger partial charge in [0.1, 0.15) is 5.69 Å². The van der Waals surface area contributed by atoms with Crippen molar-refractivity contribution in [2.45, 2.75) is 6.54 Å². The van der Waals surface area contributed by atoms with Crippen LogP contribution < -0.4 is 5.32 Å². The van der Waals surface area contributed by atoms with Crippen LogP contribution >= 0.6 is 27.3 Å². The Hall–Kier alpha value is -1.91. The van der Waals surface area contributed by atoms with E-state index in [9.17, 15) is 10.1 Å². The molecule has 0 saturated carbocycles. The van der Waals surface area contributed by atoms with Gasteiger partial charge in [0.25, 0.3) is 5.69 Å². The van der Waals surface area contributed by atoms with Crippen molar-refractivity contribution < 1.29 is 4.92 Å². The van der Waals surface area contributed by atoms with Gasteiger partial charge in [0.05, 0.1) is 23.1 Å². The Kier molecular flexibility index (Phi) is 4.14. The standard InChI is InChI=1S/C12H8BrN3O2S/c13-9-3-4-19-12(9)7-15-10-2-1-8(6-14)5-11(10)16(17)18/h1-5,15H,7H2. The Morgan fingerprint density at radius 3 is 2.84 bits per heavy atom. The van der Waals surface area contributed by atoms with Crippen LogP contribution in [-0.2, 0) is 6.54 Å². The van der Waals surface area contributed by atoms with E-state index in [1.54, 1.807) is 23.5 Å². The van der Waals surface area contributed by atoms with Crippen LogP contribution in [0.5, 0.6) is 0 Å². The topological polar surface area (TPSA) is 79.0 Å². The molecule has 96 valence electrons. The summed E-state index contributed by atoms with van der Waals surface area (Å²) < 4.78 is 0.973. The molecule has 0 fully saturated rings. The summed E-state index contributed by atoms with van der Waals surface area (Å²) in [6, 6.07) is 8.19. The van der Waals surface area contributed by atoms with E-state index in [0.717, 1.165) is 9.35 Å². The fourth-order valence-electron chi connectivity index (χ4n) is 1.53. The molecule has 1 aromatic heterocycles. The van der Waals surface area contributed by atoms with Gasteiger partial charge in [-0.1, -0.05) is 0 Å². The highest BCUT2D eigenvalue weighted by molar-refractivity contribution is 9.10. The maximum atomic E-state index is 11.0. The Morgan fingerprint density at radius 2 is 2.26 bits per heavy atom. The summed E-state index contributed by atoms with van der Waals surface area (Å²) >= 11 is 4.96. The summed E-state index contributed by atoms with van der Waals surface area (Å²) in [7, 11) is 0. The highest BCUT2D eigenvalue weighted by atomic mass is 79.9. The number of hydrogen-bond donors (Lipinski definition) is 1. The number of halogens is 1. The molecule has 0 aliphatic rings. The number of thiophene rings is 1. The molecule has 2 aromatic rings. The van der Waals surface area contributed by atoms with Gasteiger partial charge in [-0.05, 0) is 39.5 Å². The summed E-state index contributed by atoms with van der Waals surface area (Å²) in [5.74, 6) is 0. The first-order chi connectivity index (χ1) is 9.11. The minimum absolute atomic E-state index is 0.0910. The first-order valence-electron chi connectivity index (χ1n) is 5.26. The first-order valence-corrected chi connectivity index (χ1v) is 6.93. The van der Waals surface area contributed by atoms with Crippen LogP contribution in [-0.4, -0.2) is 4.92 Å². The summed E-state index contributed by atoms with van der Waals surface area (Å²) in [5, 5.41) is 24.7. The molecule has 0 aliphatic heterocycles. The number of anilines is 1. The van der Waals surface area contributed by atoms with Gasteiger partial charge in [-0.3, -0.25) is 10.1 Å². The molecule has 0 atom stereocenters. The van der Waals surface area contributed by atoms with E-state index in [1.165, 1.54) is 6.07 Å². The number of nitro groups is 1. The lowest BCUT2D eigenvalue weighted by Crippen LogP contribution is -2.02. The molecule has 5 nitrogen and oxygen atoms in total. The van der Waals surface area contributed by atoms with Crippen LogP contribution in [0.25, 0.3) is 0 Å². The maximum absolute atomic E-state index is 11.0. The number of nitrogens with zero attached hydrogens (tertiary/aromatic N) is 2. The number of benzene rings is 1. The predicted octanol–water partition coefficient (Wildman–Crippen LogP) is 3.90. The second kappa shape index (κ2) is 5.82. The lowest BCUT2D eigenvalue weighted by atomic mass is 10.2. The third-order valence-electron chi connectivity index (χ3n) is 2.45. The van der Waals surface area contributed by atoms with E-state index in [-0.39, 0.29) is 11.3 Å². The molecule has 1 aromatic carbocycles. The minimum atomic E-state index is -0.493. The van der Waals surface area contributed by atoms with Crippen LogP contribution in [0.4, 0.5) is 11.4 Å². The quantitative estimate of drug-likeness (QED) is 0.677. The van der Waals surface area contributed by atoms with Crippen molar-refractivity contribution in [3.8, 4) is 6.07 Å². The molecule has 1 N–H and O–H groups in total. The number of nitro benzene ring substituents is 1. The average molecular weight is 338 g/mol. The normalized spacial score (nSPS) is 9.89. The molecule has 2 rings (SSSR count). The average Bonchev–Trinajstić information content (AvgIpc) is 2.81. The Bertz CT molecular complexity index is 663. The van der Waals surface area contributed by atoms with E-state index in [0.29, 0.717) is 12.2 Å². The van der Waals surface area contributed by atoms with Gasteiger partial charge in [0.15, 0.2) is 0 Å². The lowest BCUT2D eigenvalue weighted by molar-refractivity contribution is -0.384. The molecule has 0 saturated heterocycles. The molecule has 1 heterocycles. The van der Waals surface area contributed by atoms with E-state index in [1.807, 2.05) is 17.5 Å². The number of rotatable bonds is 4. The van der Waals surface area contributed by atoms with Crippen molar-refractivity contribution in [3.05, 3.63) is 54.7 Å². The molecule has 0 bridgehead atoms. The zero-order valence-electron chi connectivity index (χ0n) is 9.59. The van der Waals surface area contributed by atoms with Gasteiger partial charge in [-0.15, -0.1) is 11.3 Å². The van der Waals surface area contributed by atoms with Crippen molar-refractivity contribution in [3.63, 3.8) is 0 Å². The highest BCUT2D eigenvalue weighted by Crippen LogP contribution is 2.28. The van der Waals surface area contributed by atoms with E-state index in [4.69, 9.17) is 5.26 Å². The molecular formula is C12H8BrN3O2S. The van der Waals surface area contributed by atoms with Gasteiger partial charge >= 0.3 is 0 Å². The Balaban J connectivity index is 2.23. The Labute approximate surface area is 121 Å². The largest absolute Gasteiger partial charge is 0.375 e. The summed E-state index contributed by atoms with van der Waals surface area (Å²) in [5.41, 5.74) is 0.589. The predicted molar refractivity (Wildman–Crippen MR) is 77.2 cm³/mol. The summed E-state index contributed by atoms with van der Waals surface area (Å²) in [6.45, 7) is 0.491.